The van der Waals surface area contributed by atoms with Crippen LogP contribution in [-0.2, 0) is 9.53 Å². The molecule has 6 nitrogen and oxygen atoms in total. The van der Waals surface area contributed by atoms with Gasteiger partial charge in [0.15, 0.2) is 0 Å². The molecule has 34 heavy (non-hydrogen) atoms. The van der Waals surface area contributed by atoms with Crippen LogP contribution in [0.3, 0.4) is 0 Å². The van der Waals surface area contributed by atoms with Gasteiger partial charge in [-0.3, -0.25) is 4.79 Å². The first-order chi connectivity index (χ1) is 16.5. The number of allylic oxidation sites excluding steroid dienone is 1. The third kappa shape index (κ3) is 6.32. The van der Waals surface area contributed by atoms with Crippen molar-refractivity contribution < 1.29 is 28.3 Å². The molecule has 0 saturated heterocycles. The van der Waals surface area contributed by atoms with Crippen LogP contribution in [0, 0.1) is 24.6 Å². The van der Waals surface area contributed by atoms with Gasteiger partial charge in [-0.2, -0.15) is 0 Å². The van der Waals surface area contributed by atoms with Crippen molar-refractivity contribution in [2.75, 3.05) is 20.8 Å². The zero-order valence-electron chi connectivity index (χ0n) is 19.7. The van der Waals surface area contributed by atoms with Crippen LogP contribution in [0.2, 0.25) is 0 Å². The van der Waals surface area contributed by atoms with Crippen LogP contribution in [0.25, 0.3) is 16.7 Å². The summed E-state index contributed by atoms with van der Waals surface area (Å²) >= 11 is 0. The van der Waals surface area contributed by atoms with Crippen molar-refractivity contribution in [3.8, 4) is 16.9 Å². The maximum atomic E-state index is 11.9. The molecule has 1 N–H and O–H groups in total. The fourth-order valence-electron chi connectivity index (χ4n) is 4.17. The number of aryl methyl sites for hydroxylation is 1. The van der Waals surface area contributed by atoms with Crippen LogP contribution < -0.4 is 4.74 Å². The number of ether oxygens (including phenoxy) is 2. The van der Waals surface area contributed by atoms with Crippen molar-refractivity contribution in [3.05, 3.63) is 77.9 Å². The van der Waals surface area contributed by atoms with Gasteiger partial charge >= 0.3 is 5.97 Å². The second-order valence-corrected chi connectivity index (χ2v) is 8.17. The molecule has 1 aliphatic rings. The van der Waals surface area contributed by atoms with E-state index in [1.54, 1.807) is 31.6 Å². The minimum absolute atomic E-state index is 0.0657. The number of hydrogen-bond donors (Lipinski definition) is 1. The van der Waals surface area contributed by atoms with E-state index in [1.165, 1.54) is 19.2 Å². The normalized spacial score (nSPS) is 17.6. The number of nitrogens with zero attached hydrogens (tertiary/aromatic N) is 1. The largest absolute Gasteiger partial charge is 0.496 e. The summed E-state index contributed by atoms with van der Waals surface area (Å²) in [4.78, 5) is 11.8. The highest BCUT2D eigenvalue weighted by Gasteiger charge is 2.30. The maximum Gasteiger partial charge on any atom is 0.308 e. The summed E-state index contributed by atoms with van der Waals surface area (Å²) in [5, 5.41) is 13.9. The average Bonchev–Trinajstić information content (AvgIpc) is 3.51. The Morgan fingerprint density at radius 3 is 2.53 bits per heavy atom. The lowest BCUT2D eigenvalue weighted by Crippen LogP contribution is -2.12. The van der Waals surface area contributed by atoms with E-state index < -0.39 is 0 Å². The van der Waals surface area contributed by atoms with E-state index in [0.717, 1.165) is 47.2 Å². The first-order valence-electron chi connectivity index (χ1n) is 11.2. The number of halogens is 1. The van der Waals surface area contributed by atoms with Gasteiger partial charge in [0.05, 0.1) is 32.4 Å². The van der Waals surface area contributed by atoms with Gasteiger partial charge in [-0.1, -0.05) is 35.5 Å². The van der Waals surface area contributed by atoms with Crippen LogP contribution in [-0.4, -0.2) is 37.1 Å². The molecule has 0 radical (unpaired) electrons. The molecule has 1 aromatic heterocycles. The minimum atomic E-state index is -0.178. The van der Waals surface area contributed by atoms with Crippen LogP contribution >= 0.6 is 0 Å². The molecule has 0 bridgehead atoms. The maximum absolute atomic E-state index is 11.9. The lowest BCUT2D eigenvalue weighted by atomic mass is 9.95. The van der Waals surface area contributed by atoms with E-state index in [2.05, 4.69) is 11.2 Å². The molecule has 0 spiro atoms. The van der Waals surface area contributed by atoms with Gasteiger partial charge in [0, 0.05) is 11.1 Å². The number of aliphatic hydroxyl groups excluding tert-OH is 1. The van der Waals surface area contributed by atoms with Gasteiger partial charge in [0.2, 0.25) is 0 Å². The van der Waals surface area contributed by atoms with Crippen molar-refractivity contribution in [1.82, 2.24) is 5.16 Å². The molecule has 7 heteroatoms. The van der Waals surface area contributed by atoms with Crippen molar-refractivity contribution in [1.29, 1.82) is 0 Å². The lowest BCUT2D eigenvalue weighted by molar-refractivity contribution is -0.145. The molecule has 0 aliphatic heterocycles. The highest BCUT2D eigenvalue weighted by atomic mass is 19.1. The molecule has 1 heterocycles. The number of rotatable bonds is 6. The van der Waals surface area contributed by atoms with Crippen LogP contribution in [0.4, 0.5) is 4.39 Å². The van der Waals surface area contributed by atoms with Crippen molar-refractivity contribution in [3.63, 3.8) is 0 Å². The first-order valence-corrected chi connectivity index (χ1v) is 11.2. The summed E-state index contributed by atoms with van der Waals surface area (Å²) in [5.74, 6) is 0.517. The second kappa shape index (κ2) is 12.1. The highest BCUT2D eigenvalue weighted by Crippen LogP contribution is 2.37. The fourth-order valence-corrected chi connectivity index (χ4v) is 4.17. The molecule has 3 aromatic rings. The zero-order valence-corrected chi connectivity index (χ0v) is 19.7. The highest BCUT2D eigenvalue weighted by molar-refractivity contribution is 5.78. The van der Waals surface area contributed by atoms with Crippen LogP contribution in [0.1, 0.15) is 30.5 Å². The summed E-state index contributed by atoms with van der Waals surface area (Å²) in [5.41, 5.74) is 4.28. The molecular weight excluding hydrogens is 437 g/mol. The molecule has 2 aromatic carbocycles. The van der Waals surface area contributed by atoms with Crippen molar-refractivity contribution in [2.45, 2.75) is 26.2 Å². The quantitative estimate of drug-likeness (QED) is 0.486. The molecule has 180 valence electrons. The van der Waals surface area contributed by atoms with Crippen LogP contribution in [0.5, 0.6) is 5.75 Å². The number of aromatic nitrogens is 1. The van der Waals surface area contributed by atoms with Crippen molar-refractivity contribution >= 4 is 11.5 Å². The Bertz CT molecular complexity index is 1110. The molecule has 2 atom stereocenters. The Kier molecular flexibility index (Phi) is 8.99. The van der Waals surface area contributed by atoms with Gasteiger partial charge in [-0.05, 0) is 67.5 Å². The molecule has 0 unspecified atom stereocenters. The third-order valence-electron chi connectivity index (χ3n) is 5.95. The standard InChI is InChI=1S/C21H25NO5.C6H5F/c1-13-19(12-27-22-13)15-6-7-20(25-2)18(10-15)17(11-23)9-14-4-5-16(8-14)21(24)26-3;7-6-4-2-1-3-5-6/h6-7,9-10,12,14,16,23H,4-5,8,11H2,1-3H3;1-5H/b17-9+;/t14-,16+;/m1./s1. The number of carbonyl (C=O) groups excluding carboxylic acids is 1. The number of hydrogen-bond acceptors (Lipinski definition) is 6. The zero-order chi connectivity index (χ0) is 24.5. The van der Waals surface area contributed by atoms with Gasteiger partial charge in [-0.15, -0.1) is 0 Å². The van der Waals surface area contributed by atoms with E-state index in [-0.39, 0.29) is 30.2 Å². The molecule has 1 fully saturated rings. The second-order valence-electron chi connectivity index (χ2n) is 8.17. The Morgan fingerprint density at radius 2 is 1.97 bits per heavy atom. The number of aliphatic hydroxyl groups is 1. The topological polar surface area (TPSA) is 81.8 Å². The van der Waals surface area contributed by atoms with E-state index in [0.29, 0.717) is 5.75 Å². The summed E-state index contributed by atoms with van der Waals surface area (Å²) in [6, 6.07) is 13.7. The van der Waals surface area contributed by atoms with Gasteiger partial charge in [0.25, 0.3) is 0 Å². The summed E-state index contributed by atoms with van der Waals surface area (Å²) in [6.07, 6.45) is 6.12. The SMILES string of the molecule is COC(=O)[C@H]1CC[C@@H](/C=C(\CO)c2cc(-c3conc3C)ccc2OC)C1.Fc1ccccc1. The number of carbonyl (C=O) groups is 1. The predicted molar refractivity (Wildman–Crippen MR) is 128 cm³/mol. The summed E-state index contributed by atoms with van der Waals surface area (Å²) in [7, 11) is 3.04. The summed E-state index contributed by atoms with van der Waals surface area (Å²) in [6.45, 7) is 1.78. The first kappa shape index (κ1) is 25.2. The number of methoxy groups -OCH3 is 2. The molecule has 1 aliphatic carbocycles. The number of esters is 1. The van der Waals surface area contributed by atoms with Gasteiger partial charge < -0.3 is 19.1 Å². The smallest absolute Gasteiger partial charge is 0.308 e. The van der Waals surface area contributed by atoms with E-state index >= 15 is 0 Å². The Morgan fingerprint density at radius 1 is 1.21 bits per heavy atom. The minimum Gasteiger partial charge on any atom is -0.496 e. The van der Waals surface area contributed by atoms with E-state index in [1.807, 2.05) is 25.1 Å². The third-order valence-corrected chi connectivity index (χ3v) is 5.95. The van der Waals surface area contributed by atoms with Crippen LogP contribution in [0.15, 0.2) is 65.4 Å². The lowest BCUT2D eigenvalue weighted by Gasteiger charge is -2.14. The monoisotopic (exact) mass is 467 g/mol. The van der Waals surface area contributed by atoms with E-state index in [4.69, 9.17) is 14.0 Å². The average molecular weight is 468 g/mol. The summed E-state index contributed by atoms with van der Waals surface area (Å²) < 4.78 is 27.3. The Labute approximate surface area is 199 Å². The molecule has 4 rings (SSSR count). The Hall–Kier alpha value is -3.45. The molecule has 0 amide bonds. The predicted octanol–water partition coefficient (Wildman–Crippen LogP) is 5.45. The van der Waals surface area contributed by atoms with Crippen molar-refractivity contribution in [2.24, 2.45) is 11.8 Å². The Balaban J connectivity index is 0.000000396. The van der Waals surface area contributed by atoms with Gasteiger partial charge in [-0.25, -0.2) is 4.39 Å². The number of benzene rings is 2. The molecular formula is C27H30FNO5. The fraction of sp³-hybridized carbons (Fsp3) is 0.333. The molecule has 1 saturated carbocycles. The van der Waals surface area contributed by atoms with E-state index in [9.17, 15) is 14.3 Å². The van der Waals surface area contributed by atoms with Gasteiger partial charge in [0.1, 0.15) is 17.8 Å².